The molecule has 0 saturated carbocycles. The van der Waals surface area contributed by atoms with Crippen molar-refractivity contribution in [2.24, 2.45) is 0 Å². The maximum absolute atomic E-state index is 12.1. The third-order valence-electron chi connectivity index (χ3n) is 3.27. The molecule has 2 unspecified atom stereocenters. The SMILES string of the molecule is CCC(C(=O)O)N(C)C(=O)N1CCCC1CO. The number of rotatable bonds is 4. The fourth-order valence-corrected chi connectivity index (χ4v) is 2.23. The van der Waals surface area contributed by atoms with Crippen molar-refractivity contribution in [3.8, 4) is 0 Å². The predicted octanol–water partition coefficient (Wildman–Crippen LogP) is 0.358. The number of carbonyl (C=O) groups is 2. The van der Waals surface area contributed by atoms with Gasteiger partial charge in [0.05, 0.1) is 12.6 Å². The van der Waals surface area contributed by atoms with Crippen molar-refractivity contribution < 1.29 is 19.8 Å². The Kier molecular flexibility index (Phi) is 4.74. The van der Waals surface area contributed by atoms with Crippen LogP contribution in [0.3, 0.4) is 0 Å². The normalized spacial score (nSPS) is 21.4. The molecular formula is C11H20N2O4. The maximum Gasteiger partial charge on any atom is 0.326 e. The number of aliphatic hydroxyl groups excluding tert-OH is 1. The van der Waals surface area contributed by atoms with Crippen molar-refractivity contribution in [3.05, 3.63) is 0 Å². The Balaban J connectivity index is 2.71. The van der Waals surface area contributed by atoms with Crippen LogP contribution in [0.5, 0.6) is 0 Å². The van der Waals surface area contributed by atoms with Crippen LogP contribution in [0.2, 0.25) is 0 Å². The average Bonchev–Trinajstić information content (AvgIpc) is 2.76. The molecule has 1 aliphatic heterocycles. The zero-order chi connectivity index (χ0) is 13.0. The lowest BCUT2D eigenvalue weighted by atomic mass is 10.2. The van der Waals surface area contributed by atoms with Crippen LogP contribution in [-0.4, -0.2) is 64.3 Å². The van der Waals surface area contributed by atoms with Crippen LogP contribution >= 0.6 is 0 Å². The van der Waals surface area contributed by atoms with Gasteiger partial charge in [-0.15, -0.1) is 0 Å². The van der Waals surface area contributed by atoms with Gasteiger partial charge >= 0.3 is 12.0 Å². The van der Waals surface area contributed by atoms with Gasteiger partial charge in [-0.25, -0.2) is 9.59 Å². The lowest BCUT2D eigenvalue weighted by Crippen LogP contribution is -2.50. The quantitative estimate of drug-likeness (QED) is 0.748. The van der Waals surface area contributed by atoms with Gasteiger partial charge in [0.2, 0.25) is 0 Å². The molecular weight excluding hydrogens is 224 g/mol. The molecule has 98 valence electrons. The highest BCUT2D eigenvalue weighted by atomic mass is 16.4. The molecule has 6 nitrogen and oxygen atoms in total. The van der Waals surface area contributed by atoms with Crippen molar-refractivity contribution in [1.82, 2.24) is 9.80 Å². The summed E-state index contributed by atoms with van der Waals surface area (Å²) in [5.74, 6) is -0.997. The number of likely N-dealkylation sites (N-methyl/N-ethyl adjacent to an activating group) is 1. The molecule has 0 aliphatic carbocycles. The number of carbonyl (C=O) groups excluding carboxylic acids is 1. The number of aliphatic carboxylic acids is 1. The second-order valence-corrected chi connectivity index (χ2v) is 4.33. The van der Waals surface area contributed by atoms with E-state index >= 15 is 0 Å². The molecule has 2 amide bonds. The summed E-state index contributed by atoms with van der Waals surface area (Å²) in [6.07, 6.45) is 2.00. The monoisotopic (exact) mass is 244 g/mol. The van der Waals surface area contributed by atoms with Gasteiger partial charge in [0.15, 0.2) is 0 Å². The summed E-state index contributed by atoms with van der Waals surface area (Å²) in [6.45, 7) is 2.25. The van der Waals surface area contributed by atoms with Gasteiger partial charge in [-0.1, -0.05) is 6.92 Å². The molecule has 0 aromatic heterocycles. The van der Waals surface area contributed by atoms with E-state index in [0.29, 0.717) is 13.0 Å². The van der Waals surface area contributed by atoms with Crippen LogP contribution in [0.1, 0.15) is 26.2 Å². The third kappa shape index (κ3) is 2.88. The van der Waals surface area contributed by atoms with Gasteiger partial charge in [-0.3, -0.25) is 0 Å². The van der Waals surface area contributed by atoms with E-state index in [2.05, 4.69) is 0 Å². The smallest absolute Gasteiger partial charge is 0.326 e. The van der Waals surface area contributed by atoms with Crippen molar-refractivity contribution in [2.75, 3.05) is 20.2 Å². The number of likely N-dealkylation sites (tertiary alicyclic amines) is 1. The zero-order valence-corrected chi connectivity index (χ0v) is 10.3. The summed E-state index contributed by atoms with van der Waals surface area (Å²) in [5, 5.41) is 18.1. The minimum atomic E-state index is -0.997. The maximum atomic E-state index is 12.1. The first-order chi connectivity index (χ1) is 8.02. The minimum Gasteiger partial charge on any atom is -0.480 e. The van der Waals surface area contributed by atoms with Gasteiger partial charge in [-0.2, -0.15) is 0 Å². The fourth-order valence-electron chi connectivity index (χ4n) is 2.23. The number of carboxylic acids is 1. The average molecular weight is 244 g/mol. The molecule has 1 fully saturated rings. The Morgan fingerprint density at radius 3 is 2.65 bits per heavy atom. The second-order valence-electron chi connectivity index (χ2n) is 4.33. The summed E-state index contributed by atoms with van der Waals surface area (Å²) in [6, 6.07) is -1.28. The Morgan fingerprint density at radius 1 is 1.53 bits per heavy atom. The first-order valence-corrected chi connectivity index (χ1v) is 5.90. The van der Waals surface area contributed by atoms with Crippen LogP contribution in [0, 0.1) is 0 Å². The van der Waals surface area contributed by atoms with E-state index in [1.807, 2.05) is 0 Å². The molecule has 6 heteroatoms. The highest BCUT2D eigenvalue weighted by Crippen LogP contribution is 2.19. The first-order valence-electron chi connectivity index (χ1n) is 5.90. The molecule has 2 N–H and O–H groups in total. The first kappa shape index (κ1) is 13.8. The third-order valence-corrected chi connectivity index (χ3v) is 3.27. The number of hydrogen-bond acceptors (Lipinski definition) is 3. The van der Waals surface area contributed by atoms with Crippen LogP contribution in [0.15, 0.2) is 0 Å². The molecule has 0 spiro atoms. The lowest BCUT2D eigenvalue weighted by Gasteiger charge is -2.31. The van der Waals surface area contributed by atoms with Crippen LogP contribution in [-0.2, 0) is 4.79 Å². The van der Waals surface area contributed by atoms with E-state index in [-0.39, 0.29) is 18.7 Å². The molecule has 1 heterocycles. The molecule has 1 saturated heterocycles. The molecule has 17 heavy (non-hydrogen) atoms. The molecule has 1 rings (SSSR count). The van der Waals surface area contributed by atoms with Gasteiger partial charge in [0.1, 0.15) is 6.04 Å². The molecule has 0 aromatic carbocycles. The Hall–Kier alpha value is -1.30. The van der Waals surface area contributed by atoms with Crippen molar-refractivity contribution in [2.45, 2.75) is 38.3 Å². The van der Waals surface area contributed by atoms with E-state index in [1.165, 1.54) is 11.9 Å². The zero-order valence-electron chi connectivity index (χ0n) is 10.3. The second kappa shape index (κ2) is 5.86. The van der Waals surface area contributed by atoms with E-state index < -0.39 is 12.0 Å². The Labute approximate surface area is 101 Å². The van der Waals surface area contributed by atoms with Gasteiger partial charge in [0, 0.05) is 13.6 Å². The fraction of sp³-hybridized carbons (Fsp3) is 0.818. The Morgan fingerprint density at radius 2 is 2.18 bits per heavy atom. The molecule has 0 aromatic rings. The molecule has 0 radical (unpaired) electrons. The lowest BCUT2D eigenvalue weighted by molar-refractivity contribution is -0.142. The highest BCUT2D eigenvalue weighted by molar-refractivity contribution is 5.82. The number of hydrogen-bond donors (Lipinski definition) is 2. The summed E-state index contributed by atoms with van der Waals surface area (Å²) < 4.78 is 0. The molecule has 0 bridgehead atoms. The summed E-state index contributed by atoms with van der Waals surface area (Å²) in [5.41, 5.74) is 0. The van der Waals surface area contributed by atoms with Crippen LogP contribution in [0.25, 0.3) is 0 Å². The van der Waals surface area contributed by atoms with E-state index in [0.717, 1.165) is 12.8 Å². The predicted molar refractivity (Wildman–Crippen MR) is 61.7 cm³/mol. The van der Waals surface area contributed by atoms with E-state index in [1.54, 1.807) is 11.8 Å². The summed E-state index contributed by atoms with van der Waals surface area (Å²) in [4.78, 5) is 25.9. The highest BCUT2D eigenvalue weighted by Gasteiger charge is 2.34. The van der Waals surface area contributed by atoms with Gasteiger partial charge in [0.25, 0.3) is 0 Å². The molecule has 2 atom stereocenters. The summed E-state index contributed by atoms with van der Waals surface area (Å²) in [7, 11) is 1.50. The standard InChI is InChI=1S/C11H20N2O4/c1-3-9(10(15)16)12(2)11(17)13-6-4-5-8(13)7-14/h8-9,14H,3-7H2,1-2H3,(H,15,16). The van der Waals surface area contributed by atoms with Crippen LogP contribution < -0.4 is 0 Å². The number of amides is 2. The van der Waals surface area contributed by atoms with Crippen molar-refractivity contribution in [1.29, 1.82) is 0 Å². The van der Waals surface area contributed by atoms with E-state index in [4.69, 9.17) is 10.2 Å². The van der Waals surface area contributed by atoms with Crippen LogP contribution in [0.4, 0.5) is 4.79 Å². The number of aliphatic hydroxyl groups is 1. The van der Waals surface area contributed by atoms with E-state index in [9.17, 15) is 9.59 Å². The minimum absolute atomic E-state index is 0.0660. The summed E-state index contributed by atoms with van der Waals surface area (Å²) >= 11 is 0. The number of urea groups is 1. The van der Waals surface area contributed by atoms with Gasteiger partial charge in [-0.05, 0) is 19.3 Å². The topological polar surface area (TPSA) is 81.1 Å². The van der Waals surface area contributed by atoms with Crippen molar-refractivity contribution >= 4 is 12.0 Å². The Bertz CT molecular complexity index is 295. The molecule has 1 aliphatic rings. The van der Waals surface area contributed by atoms with Gasteiger partial charge < -0.3 is 20.0 Å². The number of nitrogens with zero attached hydrogens (tertiary/aromatic N) is 2. The van der Waals surface area contributed by atoms with Crippen molar-refractivity contribution in [3.63, 3.8) is 0 Å². The number of carboxylic acid groups (broad SMARTS) is 1. The largest absolute Gasteiger partial charge is 0.480 e.